The van der Waals surface area contributed by atoms with E-state index < -0.39 is 0 Å². The van der Waals surface area contributed by atoms with Crippen molar-refractivity contribution in [2.24, 2.45) is 70.3 Å². The second kappa shape index (κ2) is 13.5. The van der Waals surface area contributed by atoms with E-state index in [0.717, 1.165) is 65.7 Å². The summed E-state index contributed by atoms with van der Waals surface area (Å²) in [5.74, 6) is 10.1. The van der Waals surface area contributed by atoms with Crippen LogP contribution < -0.4 is 11.1 Å². The van der Waals surface area contributed by atoms with Crippen LogP contribution >= 0.6 is 0 Å². The molecule has 8 rings (SSSR count). The molecule has 0 aromatic heterocycles. The summed E-state index contributed by atoms with van der Waals surface area (Å²) in [4.78, 5) is 0. The molecule has 236 valence electrons. The molecular weight excluding hydrogens is 496 g/mol. The third kappa shape index (κ3) is 6.94. The Morgan fingerprint density at radius 2 is 1.24 bits per heavy atom. The largest absolute Gasteiger partial charge is 0.330 e. The monoisotopic (exact) mass is 567 g/mol. The summed E-state index contributed by atoms with van der Waals surface area (Å²) in [5, 5.41) is 4.30. The van der Waals surface area contributed by atoms with Crippen LogP contribution in [0.3, 0.4) is 0 Å². The SMILES string of the molecule is CCCCC(CCNC12CC3CC(CC(C3)C1)C2)CCC12CC3CC(CC(C3)C1C(C)CC(CCN)CCCC)C2. The minimum absolute atomic E-state index is 0.544. The average molecular weight is 567 g/mol. The zero-order chi connectivity index (χ0) is 28.5. The lowest BCUT2D eigenvalue weighted by molar-refractivity contribution is -0.137. The summed E-state index contributed by atoms with van der Waals surface area (Å²) in [7, 11) is 0. The van der Waals surface area contributed by atoms with E-state index in [2.05, 4.69) is 26.1 Å². The van der Waals surface area contributed by atoms with Crippen LogP contribution in [0.15, 0.2) is 0 Å². The quantitative estimate of drug-likeness (QED) is 0.173. The van der Waals surface area contributed by atoms with E-state index >= 15 is 0 Å². The first-order chi connectivity index (χ1) is 19.9. The Morgan fingerprint density at radius 1 is 0.683 bits per heavy atom. The van der Waals surface area contributed by atoms with E-state index in [-0.39, 0.29) is 0 Å². The van der Waals surface area contributed by atoms with Crippen LogP contribution in [0, 0.1) is 64.6 Å². The summed E-state index contributed by atoms with van der Waals surface area (Å²) >= 11 is 0. The Labute approximate surface area is 255 Å². The molecular formula is C39H70N2. The Morgan fingerprint density at radius 3 is 1.80 bits per heavy atom. The van der Waals surface area contributed by atoms with E-state index in [1.807, 2.05) is 0 Å². The summed E-state index contributed by atoms with van der Waals surface area (Å²) < 4.78 is 0. The van der Waals surface area contributed by atoms with Crippen molar-refractivity contribution in [1.82, 2.24) is 5.32 Å². The minimum atomic E-state index is 0.544. The van der Waals surface area contributed by atoms with Gasteiger partial charge in [-0.05, 0) is 180 Å². The third-order valence-corrected chi connectivity index (χ3v) is 14.5. The van der Waals surface area contributed by atoms with Gasteiger partial charge in [0, 0.05) is 5.54 Å². The summed E-state index contributed by atoms with van der Waals surface area (Å²) in [6.07, 6.45) is 32.9. The van der Waals surface area contributed by atoms with Crippen LogP contribution in [-0.2, 0) is 0 Å². The lowest BCUT2D eigenvalue weighted by atomic mass is 9.42. The molecule has 8 bridgehead atoms. The third-order valence-electron chi connectivity index (χ3n) is 14.5. The molecule has 8 saturated carbocycles. The lowest BCUT2D eigenvalue weighted by Gasteiger charge is -2.63. The van der Waals surface area contributed by atoms with E-state index in [1.165, 1.54) is 90.0 Å². The molecule has 3 N–H and O–H groups in total. The molecule has 0 aromatic rings. The summed E-state index contributed by atoms with van der Waals surface area (Å²) in [6, 6.07) is 0. The average Bonchev–Trinajstić information content (AvgIpc) is 2.91. The molecule has 2 nitrogen and oxygen atoms in total. The molecule has 41 heavy (non-hydrogen) atoms. The maximum absolute atomic E-state index is 6.14. The molecule has 0 saturated heterocycles. The standard InChI is InChI=1S/C39H70N2/c1-4-6-8-29(12-15-41-39-25-31-17-32(26-39)19-33(18-31)27-39)10-13-38-23-34-20-35(24-38)22-36(21-34)37(38)28(3)16-30(11-14-40)9-7-5-2/h28-37,41H,4-27,40H2,1-3H3. The molecule has 8 fully saturated rings. The smallest absolute Gasteiger partial charge is 0.0189 e. The van der Waals surface area contributed by atoms with Crippen molar-refractivity contribution in [1.29, 1.82) is 0 Å². The van der Waals surface area contributed by atoms with E-state index in [1.54, 1.807) is 57.8 Å². The van der Waals surface area contributed by atoms with Gasteiger partial charge in [-0.15, -0.1) is 0 Å². The molecule has 6 unspecified atom stereocenters. The predicted molar refractivity (Wildman–Crippen MR) is 176 cm³/mol. The molecule has 0 heterocycles. The van der Waals surface area contributed by atoms with Crippen molar-refractivity contribution in [2.45, 2.75) is 168 Å². The topological polar surface area (TPSA) is 38.0 Å². The number of hydrogen-bond donors (Lipinski definition) is 2. The van der Waals surface area contributed by atoms with Gasteiger partial charge in [0.05, 0.1) is 0 Å². The maximum atomic E-state index is 6.14. The molecule has 6 atom stereocenters. The number of hydrogen-bond acceptors (Lipinski definition) is 2. The van der Waals surface area contributed by atoms with Gasteiger partial charge in [0.25, 0.3) is 0 Å². The highest BCUT2D eigenvalue weighted by Gasteiger charge is 2.57. The van der Waals surface area contributed by atoms with Gasteiger partial charge in [-0.1, -0.05) is 59.3 Å². The van der Waals surface area contributed by atoms with Gasteiger partial charge in [-0.3, -0.25) is 0 Å². The summed E-state index contributed by atoms with van der Waals surface area (Å²) in [6.45, 7) is 9.68. The van der Waals surface area contributed by atoms with Gasteiger partial charge >= 0.3 is 0 Å². The first-order valence-corrected chi connectivity index (χ1v) is 19.4. The number of rotatable bonds is 18. The van der Waals surface area contributed by atoms with Crippen molar-refractivity contribution >= 4 is 0 Å². The zero-order valence-electron chi connectivity index (χ0n) is 27.8. The highest BCUT2D eigenvalue weighted by Crippen LogP contribution is 2.67. The Bertz CT molecular complexity index is 769. The van der Waals surface area contributed by atoms with Crippen LogP contribution in [0.2, 0.25) is 0 Å². The molecule has 0 amide bonds. The van der Waals surface area contributed by atoms with Crippen molar-refractivity contribution in [3.05, 3.63) is 0 Å². The van der Waals surface area contributed by atoms with E-state index in [4.69, 9.17) is 5.73 Å². The molecule has 0 radical (unpaired) electrons. The van der Waals surface area contributed by atoms with Crippen LogP contribution in [0.25, 0.3) is 0 Å². The fourth-order valence-electron chi connectivity index (χ4n) is 13.8. The first kappa shape index (κ1) is 30.9. The van der Waals surface area contributed by atoms with Crippen LogP contribution in [0.4, 0.5) is 0 Å². The van der Waals surface area contributed by atoms with Crippen LogP contribution in [0.5, 0.6) is 0 Å². The van der Waals surface area contributed by atoms with Gasteiger partial charge in [0.15, 0.2) is 0 Å². The fraction of sp³-hybridized carbons (Fsp3) is 1.00. The Hall–Kier alpha value is -0.0800. The maximum Gasteiger partial charge on any atom is 0.0189 e. The van der Waals surface area contributed by atoms with Gasteiger partial charge in [-0.2, -0.15) is 0 Å². The first-order valence-electron chi connectivity index (χ1n) is 19.4. The predicted octanol–water partition coefficient (Wildman–Crippen LogP) is 10.1. The second-order valence-electron chi connectivity index (χ2n) is 17.8. The van der Waals surface area contributed by atoms with E-state index in [9.17, 15) is 0 Å². The summed E-state index contributed by atoms with van der Waals surface area (Å²) in [5.41, 5.74) is 7.36. The van der Waals surface area contributed by atoms with Crippen molar-refractivity contribution in [3.8, 4) is 0 Å². The van der Waals surface area contributed by atoms with Gasteiger partial charge in [0.1, 0.15) is 0 Å². The highest BCUT2D eigenvalue weighted by molar-refractivity contribution is 5.08. The van der Waals surface area contributed by atoms with Gasteiger partial charge in [0.2, 0.25) is 0 Å². The van der Waals surface area contributed by atoms with Gasteiger partial charge in [-0.25, -0.2) is 0 Å². The molecule has 0 spiro atoms. The number of nitrogens with one attached hydrogen (secondary N) is 1. The lowest BCUT2D eigenvalue weighted by Crippen LogP contribution is -2.58. The zero-order valence-corrected chi connectivity index (χ0v) is 27.8. The molecule has 2 heteroatoms. The van der Waals surface area contributed by atoms with Gasteiger partial charge < -0.3 is 11.1 Å². The molecule has 8 aliphatic rings. The number of unbranched alkanes of at least 4 members (excludes halogenated alkanes) is 2. The Balaban J connectivity index is 1.09. The normalized spacial score (nSPS) is 42.6. The van der Waals surface area contributed by atoms with Crippen LogP contribution in [-0.4, -0.2) is 18.6 Å². The fourth-order valence-corrected chi connectivity index (χ4v) is 13.8. The molecule has 0 aromatic carbocycles. The van der Waals surface area contributed by atoms with E-state index in [0.29, 0.717) is 11.0 Å². The molecule has 8 aliphatic carbocycles. The molecule has 0 aliphatic heterocycles. The number of nitrogens with two attached hydrogens (primary N) is 1. The van der Waals surface area contributed by atoms with Crippen LogP contribution in [0.1, 0.15) is 162 Å². The second-order valence-corrected chi connectivity index (χ2v) is 17.8. The van der Waals surface area contributed by atoms with Crippen molar-refractivity contribution < 1.29 is 0 Å². The van der Waals surface area contributed by atoms with Crippen molar-refractivity contribution in [3.63, 3.8) is 0 Å². The minimum Gasteiger partial charge on any atom is -0.330 e. The Kier molecular flexibility index (Phi) is 10.2. The van der Waals surface area contributed by atoms with Crippen molar-refractivity contribution in [2.75, 3.05) is 13.1 Å². The highest BCUT2D eigenvalue weighted by atomic mass is 15.0.